The highest BCUT2D eigenvalue weighted by Crippen LogP contribution is 2.41. The van der Waals surface area contributed by atoms with E-state index >= 15 is 0 Å². The number of sulfonamides is 1. The zero-order valence-electron chi connectivity index (χ0n) is 14.0. The molecule has 1 heterocycles. The van der Waals surface area contributed by atoms with Crippen LogP contribution in [0.4, 0.5) is 5.69 Å². The van der Waals surface area contributed by atoms with Crippen LogP contribution in [0, 0.1) is 0 Å². The van der Waals surface area contributed by atoms with E-state index in [1.807, 2.05) is 34.6 Å². The first kappa shape index (κ1) is 17.0. The molecule has 1 aliphatic heterocycles. The Balaban J connectivity index is 2.50. The van der Waals surface area contributed by atoms with E-state index in [4.69, 9.17) is 0 Å². The maximum absolute atomic E-state index is 12.6. The van der Waals surface area contributed by atoms with Gasteiger partial charge < -0.3 is 4.90 Å². The smallest absolute Gasteiger partial charge is 0.241 e. The second kappa shape index (κ2) is 5.06. The highest BCUT2D eigenvalue weighted by molar-refractivity contribution is 7.89. The van der Waals surface area contributed by atoms with Gasteiger partial charge in [-0.2, -0.15) is 0 Å². The molecule has 0 saturated heterocycles. The van der Waals surface area contributed by atoms with Gasteiger partial charge in [-0.25, -0.2) is 13.1 Å². The highest BCUT2D eigenvalue weighted by Gasteiger charge is 2.42. The Bertz CT molecular complexity index is 721. The Morgan fingerprint density at radius 1 is 1.27 bits per heavy atom. The second-order valence-electron chi connectivity index (χ2n) is 7.01. The molecule has 0 saturated carbocycles. The van der Waals surface area contributed by atoms with Gasteiger partial charge in [-0.1, -0.05) is 6.92 Å². The Hall–Kier alpha value is -1.40. The van der Waals surface area contributed by atoms with Crippen LogP contribution in [0.1, 0.15) is 46.6 Å². The van der Waals surface area contributed by atoms with Gasteiger partial charge in [0.05, 0.1) is 10.3 Å². The average Bonchev–Trinajstić information content (AvgIpc) is 2.59. The Morgan fingerprint density at radius 3 is 2.41 bits per heavy atom. The summed E-state index contributed by atoms with van der Waals surface area (Å²) in [6, 6.07) is 4.87. The lowest BCUT2D eigenvalue weighted by molar-refractivity contribution is -0.121. The molecule has 1 aliphatic rings. The molecule has 0 bridgehead atoms. The van der Waals surface area contributed by atoms with Crippen LogP contribution in [0.5, 0.6) is 0 Å². The van der Waals surface area contributed by atoms with Gasteiger partial charge in [0.2, 0.25) is 15.9 Å². The summed E-state index contributed by atoms with van der Waals surface area (Å²) < 4.78 is 27.9. The molecule has 0 atom stereocenters. The third-order valence-electron chi connectivity index (χ3n) is 4.45. The predicted molar refractivity (Wildman–Crippen MR) is 87.6 cm³/mol. The first-order valence-electron chi connectivity index (χ1n) is 7.39. The summed E-state index contributed by atoms with van der Waals surface area (Å²) in [5.41, 5.74) is 0.288. The molecule has 0 radical (unpaired) electrons. The number of likely N-dealkylation sites (N-methyl/N-ethyl adjacent to an activating group) is 1. The van der Waals surface area contributed by atoms with Crippen molar-refractivity contribution in [1.82, 2.24) is 4.72 Å². The molecular formula is C16H24N2O3S. The van der Waals surface area contributed by atoms with Gasteiger partial charge in [-0.05, 0) is 57.9 Å². The van der Waals surface area contributed by atoms with Crippen molar-refractivity contribution in [1.29, 1.82) is 0 Å². The number of carbonyl (C=O) groups excluding carboxylic acids is 1. The van der Waals surface area contributed by atoms with E-state index in [1.165, 1.54) is 0 Å². The summed E-state index contributed by atoms with van der Waals surface area (Å²) in [7, 11) is -1.91. The number of amides is 1. The van der Waals surface area contributed by atoms with E-state index in [-0.39, 0.29) is 10.8 Å². The van der Waals surface area contributed by atoms with Gasteiger partial charge >= 0.3 is 0 Å². The molecule has 2 rings (SSSR count). The largest absolute Gasteiger partial charge is 0.314 e. The molecule has 1 amide bonds. The summed E-state index contributed by atoms with van der Waals surface area (Å²) >= 11 is 0. The predicted octanol–water partition coefficient (Wildman–Crippen LogP) is 2.41. The number of rotatable bonds is 4. The van der Waals surface area contributed by atoms with Crippen molar-refractivity contribution in [2.45, 2.75) is 56.9 Å². The molecule has 1 aromatic rings. The first-order valence-corrected chi connectivity index (χ1v) is 8.87. The summed E-state index contributed by atoms with van der Waals surface area (Å²) in [5.74, 6) is -0.0288. The fraction of sp³-hybridized carbons (Fsp3) is 0.562. The Labute approximate surface area is 132 Å². The van der Waals surface area contributed by atoms with E-state index in [2.05, 4.69) is 4.72 Å². The normalized spacial score (nSPS) is 17.7. The van der Waals surface area contributed by atoms with Crippen molar-refractivity contribution in [2.75, 3.05) is 11.9 Å². The van der Waals surface area contributed by atoms with Crippen molar-refractivity contribution in [3.05, 3.63) is 23.8 Å². The molecule has 0 fully saturated rings. The van der Waals surface area contributed by atoms with E-state index in [0.717, 1.165) is 11.3 Å². The quantitative estimate of drug-likeness (QED) is 0.925. The van der Waals surface area contributed by atoms with E-state index < -0.39 is 21.0 Å². The second-order valence-corrected chi connectivity index (χ2v) is 8.69. The highest BCUT2D eigenvalue weighted by atomic mass is 32.2. The van der Waals surface area contributed by atoms with Crippen LogP contribution in [-0.4, -0.2) is 26.9 Å². The SMILES string of the molecule is CCC(C)(C)NS(=O)(=O)c1ccc2c(c1)C(C)(C)C(=O)N2C. The summed E-state index contributed by atoms with van der Waals surface area (Å²) in [6.45, 7) is 9.26. The molecule has 22 heavy (non-hydrogen) atoms. The number of hydrogen-bond donors (Lipinski definition) is 1. The fourth-order valence-electron chi connectivity index (χ4n) is 2.61. The molecule has 1 N–H and O–H groups in total. The monoisotopic (exact) mass is 324 g/mol. The van der Waals surface area contributed by atoms with Crippen molar-refractivity contribution in [3.8, 4) is 0 Å². The number of benzene rings is 1. The van der Waals surface area contributed by atoms with Crippen molar-refractivity contribution in [2.24, 2.45) is 0 Å². The molecule has 0 spiro atoms. The topological polar surface area (TPSA) is 66.5 Å². The molecular weight excluding hydrogens is 300 g/mol. The van der Waals surface area contributed by atoms with Crippen LogP contribution >= 0.6 is 0 Å². The minimum atomic E-state index is -3.62. The van der Waals surface area contributed by atoms with Crippen LogP contribution in [0.3, 0.4) is 0 Å². The zero-order valence-corrected chi connectivity index (χ0v) is 14.8. The van der Waals surface area contributed by atoms with Crippen LogP contribution in [0.15, 0.2) is 23.1 Å². The molecule has 0 aromatic heterocycles. The first-order chi connectivity index (χ1) is 9.92. The third kappa shape index (κ3) is 2.65. The molecule has 6 heteroatoms. The van der Waals surface area contributed by atoms with Crippen LogP contribution in [0.25, 0.3) is 0 Å². The number of hydrogen-bond acceptors (Lipinski definition) is 3. The minimum Gasteiger partial charge on any atom is -0.314 e. The Morgan fingerprint density at radius 2 is 1.86 bits per heavy atom. The Kier molecular flexibility index (Phi) is 3.90. The van der Waals surface area contributed by atoms with Gasteiger partial charge in [0, 0.05) is 18.3 Å². The standard InChI is InChI=1S/C16H24N2O3S/c1-7-15(2,3)17-22(20,21)11-8-9-13-12(10-11)16(4,5)14(19)18(13)6/h8-10,17H,7H2,1-6H3. The third-order valence-corrected chi connectivity index (χ3v) is 6.14. The molecule has 0 aliphatic carbocycles. The van der Waals surface area contributed by atoms with Gasteiger partial charge in [0.15, 0.2) is 0 Å². The number of fused-ring (bicyclic) bond motifs is 1. The lowest BCUT2D eigenvalue weighted by Gasteiger charge is -2.24. The maximum Gasteiger partial charge on any atom is 0.241 e. The molecule has 0 unspecified atom stereocenters. The summed E-state index contributed by atoms with van der Waals surface area (Å²) in [4.78, 5) is 14.1. The van der Waals surface area contributed by atoms with E-state index in [1.54, 1.807) is 30.1 Å². The van der Waals surface area contributed by atoms with Crippen molar-refractivity contribution < 1.29 is 13.2 Å². The average molecular weight is 324 g/mol. The van der Waals surface area contributed by atoms with Gasteiger partial charge in [0.1, 0.15) is 0 Å². The lowest BCUT2D eigenvalue weighted by Crippen LogP contribution is -2.42. The van der Waals surface area contributed by atoms with E-state index in [9.17, 15) is 13.2 Å². The molecule has 122 valence electrons. The fourth-order valence-corrected chi connectivity index (χ4v) is 4.12. The van der Waals surface area contributed by atoms with E-state index in [0.29, 0.717) is 6.42 Å². The molecule has 1 aromatic carbocycles. The molecule has 5 nitrogen and oxygen atoms in total. The summed E-state index contributed by atoms with van der Waals surface area (Å²) in [5, 5.41) is 0. The lowest BCUT2D eigenvalue weighted by atomic mass is 9.86. The van der Waals surface area contributed by atoms with Gasteiger partial charge in [-0.15, -0.1) is 0 Å². The zero-order chi connectivity index (χ0) is 16.9. The summed E-state index contributed by atoms with van der Waals surface area (Å²) in [6.07, 6.45) is 0.684. The van der Waals surface area contributed by atoms with Crippen LogP contribution < -0.4 is 9.62 Å². The number of nitrogens with zero attached hydrogens (tertiary/aromatic N) is 1. The number of nitrogens with one attached hydrogen (secondary N) is 1. The maximum atomic E-state index is 12.6. The van der Waals surface area contributed by atoms with Crippen LogP contribution in [0.2, 0.25) is 0 Å². The van der Waals surface area contributed by atoms with Crippen molar-refractivity contribution >= 4 is 21.6 Å². The number of carbonyl (C=O) groups is 1. The van der Waals surface area contributed by atoms with Gasteiger partial charge in [0.25, 0.3) is 0 Å². The van der Waals surface area contributed by atoms with Gasteiger partial charge in [-0.3, -0.25) is 4.79 Å². The minimum absolute atomic E-state index is 0.0288. The van der Waals surface area contributed by atoms with Crippen molar-refractivity contribution in [3.63, 3.8) is 0 Å². The number of anilines is 1. The van der Waals surface area contributed by atoms with Crippen LogP contribution in [-0.2, 0) is 20.2 Å².